The van der Waals surface area contributed by atoms with Crippen molar-refractivity contribution in [3.8, 4) is 0 Å². The van der Waals surface area contributed by atoms with Crippen LogP contribution in [0.3, 0.4) is 0 Å². The summed E-state index contributed by atoms with van der Waals surface area (Å²) in [6.45, 7) is 4.79. The Kier molecular flexibility index (Phi) is 4.83. The molecular weight excluding hydrogens is 319 g/mol. The Morgan fingerprint density at radius 1 is 1.16 bits per heavy atom. The first-order chi connectivity index (χ1) is 11.9. The lowest BCUT2D eigenvalue weighted by Gasteiger charge is -2.17. The molecule has 0 bridgehead atoms. The summed E-state index contributed by atoms with van der Waals surface area (Å²) in [5.74, 6) is -0.460. The van der Waals surface area contributed by atoms with E-state index in [1.54, 1.807) is 17.0 Å². The molecule has 130 valence electrons. The van der Waals surface area contributed by atoms with Crippen LogP contribution in [0.2, 0.25) is 0 Å². The number of carbonyl (C=O) groups excluding carboxylic acids is 2. The molecule has 2 aromatic rings. The number of halogens is 1. The van der Waals surface area contributed by atoms with E-state index in [-0.39, 0.29) is 30.1 Å². The lowest BCUT2D eigenvalue weighted by Crippen LogP contribution is -2.37. The number of nitrogens with zero attached hydrogens (tertiary/aromatic N) is 1. The summed E-state index contributed by atoms with van der Waals surface area (Å²) in [4.78, 5) is 26.3. The third-order valence-corrected chi connectivity index (χ3v) is 4.32. The zero-order chi connectivity index (χ0) is 18.0. The molecule has 4 nitrogen and oxygen atoms in total. The highest BCUT2D eigenvalue weighted by molar-refractivity contribution is 5.95. The molecule has 3 rings (SSSR count). The molecule has 1 aliphatic rings. The Labute approximate surface area is 146 Å². The molecule has 0 aliphatic carbocycles. The summed E-state index contributed by atoms with van der Waals surface area (Å²) < 4.78 is 13.0. The average molecular weight is 340 g/mol. The van der Waals surface area contributed by atoms with Crippen molar-refractivity contribution in [1.82, 2.24) is 10.2 Å². The second kappa shape index (κ2) is 7.05. The summed E-state index contributed by atoms with van der Waals surface area (Å²) in [6.07, 6.45) is 0.289. The summed E-state index contributed by atoms with van der Waals surface area (Å²) in [5, 5.41) is 2.94. The van der Waals surface area contributed by atoms with Crippen LogP contribution in [-0.2, 0) is 11.3 Å². The smallest absolute Gasteiger partial charge is 0.251 e. The minimum absolute atomic E-state index is 0.00459. The zero-order valence-corrected chi connectivity index (χ0v) is 14.4. The quantitative estimate of drug-likeness (QED) is 0.930. The second-order valence-electron chi connectivity index (χ2n) is 6.65. The van der Waals surface area contributed by atoms with Gasteiger partial charge in [0.05, 0.1) is 6.04 Å². The van der Waals surface area contributed by atoms with Crippen LogP contribution < -0.4 is 5.32 Å². The van der Waals surface area contributed by atoms with Gasteiger partial charge in [-0.15, -0.1) is 0 Å². The maximum Gasteiger partial charge on any atom is 0.251 e. The highest BCUT2D eigenvalue weighted by Gasteiger charge is 2.30. The van der Waals surface area contributed by atoms with Crippen molar-refractivity contribution >= 4 is 11.8 Å². The molecule has 2 aromatic carbocycles. The minimum Gasteiger partial charge on any atom is -0.347 e. The van der Waals surface area contributed by atoms with E-state index in [0.717, 1.165) is 16.7 Å². The van der Waals surface area contributed by atoms with Crippen LogP contribution in [0.5, 0.6) is 0 Å². The van der Waals surface area contributed by atoms with Crippen molar-refractivity contribution in [3.63, 3.8) is 0 Å². The monoisotopic (exact) mass is 340 g/mol. The average Bonchev–Trinajstić information content (AvgIpc) is 2.88. The molecule has 0 unspecified atom stereocenters. The first-order valence-electron chi connectivity index (χ1n) is 8.32. The highest BCUT2D eigenvalue weighted by Crippen LogP contribution is 2.17. The largest absolute Gasteiger partial charge is 0.347 e. The zero-order valence-electron chi connectivity index (χ0n) is 14.4. The highest BCUT2D eigenvalue weighted by atomic mass is 19.1. The van der Waals surface area contributed by atoms with Crippen LogP contribution in [0.1, 0.15) is 33.5 Å². The van der Waals surface area contributed by atoms with E-state index in [4.69, 9.17) is 0 Å². The van der Waals surface area contributed by atoms with E-state index in [9.17, 15) is 14.0 Å². The number of benzene rings is 2. The van der Waals surface area contributed by atoms with Gasteiger partial charge in [-0.3, -0.25) is 9.59 Å². The Bertz CT molecular complexity index is 782. The Hall–Kier alpha value is -2.69. The number of amides is 2. The molecule has 1 aliphatic heterocycles. The third kappa shape index (κ3) is 4.24. The lowest BCUT2D eigenvalue weighted by atomic mass is 10.1. The van der Waals surface area contributed by atoms with Gasteiger partial charge in [0, 0.05) is 25.1 Å². The molecule has 2 amide bonds. The fraction of sp³-hybridized carbons (Fsp3) is 0.300. The maximum atomic E-state index is 13.0. The summed E-state index contributed by atoms with van der Waals surface area (Å²) in [7, 11) is 0. The molecular formula is C20H21FN2O2. The van der Waals surface area contributed by atoms with Crippen molar-refractivity contribution in [2.75, 3.05) is 6.54 Å². The standard InChI is InChI=1S/C20H21FN2O2/c1-13-7-14(2)9-16(8-13)20(25)22-18-10-19(24)23(12-18)11-15-3-5-17(21)6-4-15/h3-9,18H,10-12H2,1-2H3,(H,22,25)/t18-/m0/s1. The Morgan fingerprint density at radius 3 is 2.44 bits per heavy atom. The molecule has 0 radical (unpaired) electrons. The molecule has 0 saturated carbocycles. The van der Waals surface area contributed by atoms with Gasteiger partial charge < -0.3 is 10.2 Å². The van der Waals surface area contributed by atoms with Crippen LogP contribution in [0.4, 0.5) is 4.39 Å². The van der Waals surface area contributed by atoms with Crippen molar-refractivity contribution in [2.45, 2.75) is 32.9 Å². The number of hydrogen-bond donors (Lipinski definition) is 1. The molecule has 1 atom stereocenters. The van der Waals surface area contributed by atoms with Gasteiger partial charge in [-0.25, -0.2) is 4.39 Å². The lowest BCUT2D eigenvalue weighted by molar-refractivity contribution is -0.128. The van der Waals surface area contributed by atoms with E-state index in [1.165, 1.54) is 12.1 Å². The molecule has 1 fully saturated rings. The fourth-order valence-corrected chi connectivity index (χ4v) is 3.21. The number of carbonyl (C=O) groups is 2. The SMILES string of the molecule is Cc1cc(C)cc(C(=O)N[C@H]2CC(=O)N(Cc3ccc(F)cc3)C2)c1. The van der Waals surface area contributed by atoms with Crippen LogP contribution >= 0.6 is 0 Å². The van der Waals surface area contributed by atoms with Crippen LogP contribution in [0, 0.1) is 19.7 Å². The molecule has 5 heteroatoms. The van der Waals surface area contributed by atoms with E-state index in [2.05, 4.69) is 5.32 Å². The molecule has 25 heavy (non-hydrogen) atoms. The molecule has 1 N–H and O–H groups in total. The van der Waals surface area contributed by atoms with Crippen LogP contribution in [0.25, 0.3) is 0 Å². The van der Waals surface area contributed by atoms with Gasteiger partial charge >= 0.3 is 0 Å². The summed E-state index contributed by atoms with van der Waals surface area (Å²) in [5.41, 5.74) is 3.55. The third-order valence-electron chi connectivity index (χ3n) is 4.32. The Morgan fingerprint density at radius 2 is 1.80 bits per heavy atom. The van der Waals surface area contributed by atoms with Crippen molar-refractivity contribution < 1.29 is 14.0 Å². The second-order valence-corrected chi connectivity index (χ2v) is 6.65. The topological polar surface area (TPSA) is 49.4 Å². The first-order valence-corrected chi connectivity index (χ1v) is 8.32. The summed E-state index contributed by atoms with van der Waals surface area (Å²) in [6, 6.07) is 11.6. The predicted molar refractivity (Wildman–Crippen MR) is 93.6 cm³/mol. The van der Waals surface area contributed by atoms with E-state index in [1.807, 2.05) is 32.0 Å². The summed E-state index contributed by atoms with van der Waals surface area (Å²) >= 11 is 0. The van der Waals surface area contributed by atoms with Crippen LogP contribution in [0.15, 0.2) is 42.5 Å². The Balaban J connectivity index is 1.62. The van der Waals surface area contributed by atoms with Crippen molar-refractivity contribution in [2.24, 2.45) is 0 Å². The van der Waals surface area contributed by atoms with Gasteiger partial charge in [0.2, 0.25) is 5.91 Å². The molecule has 0 aromatic heterocycles. The van der Waals surface area contributed by atoms with Gasteiger partial charge in [0.1, 0.15) is 5.82 Å². The van der Waals surface area contributed by atoms with E-state index in [0.29, 0.717) is 18.7 Å². The van der Waals surface area contributed by atoms with Crippen molar-refractivity contribution in [3.05, 3.63) is 70.5 Å². The normalized spacial score (nSPS) is 17.0. The van der Waals surface area contributed by atoms with Crippen LogP contribution in [-0.4, -0.2) is 29.3 Å². The van der Waals surface area contributed by atoms with Gasteiger partial charge in [0.25, 0.3) is 5.91 Å². The van der Waals surface area contributed by atoms with Crippen molar-refractivity contribution in [1.29, 1.82) is 0 Å². The number of rotatable bonds is 4. The maximum absolute atomic E-state index is 13.0. The van der Waals surface area contributed by atoms with Gasteiger partial charge in [-0.2, -0.15) is 0 Å². The predicted octanol–water partition coefficient (Wildman–Crippen LogP) is 2.97. The minimum atomic E-state index is -0.296. The number of likely N-dealkylation sites (tertiary alicyclic amines) is 1. The number of nitrogens with one attached hydrogen (secondary N) is 1. The fourth-order valence-electron chi connectivity index (χ4n) is 3.21. The van der Waals surface area contributed by atoms with E-state index >= 15 is 0 Å². The molecule has 1 saturated heterocycles. The number of hydrogen-bond acceptors (Lipinski definition) is 2. The van der Waals surface area contributed by atoms with Gasteiger partial charge in [-0.05, 0) is 43.7 Å². The van der Waals surface area contributed by atoms with Gasteiger partial charge in [0.15, 0.2) is 0 Å². The molecule has 1 heterocycles. The van der Waals surface area contributed by atoms with Gasteiger partial charge in [-0.1, -0.05) is 29.3 Å². The molecule has 0 spiro atoms. The van der Waals surface area contributed by atoms with E-state index < -0.39 is 0 Å². The first kappa shape index (κ1) is 17.1. The number of aryl methyl sites for hydroxylation is 2.